The number of ether oxygens (including phenoxy) is 2. The highest BCUT2D eigenvalue weighted by molar-refractivity contribution is 8.55. The average Bonchev–Trinajstić information content (AvgIpc) is 3.81. The second-order valence-electron chi connectivity index (χ2n) is 13.9. The summed E-state index contributed by atoms with van der Waals surface area (Å²) in [6.07, 6.45) is 0.964. The van der Waals surface area contributed by atoms with Crippen LogP contribution in [0.5, 0.6) is 0 Å². The van der Waals surface area contributed by atoms with Gasteiger partial charge in [0.05, 0.1) is 25.3 Å². The Kier molecular flexibility index (Phi) is 14.3. The van der Waals surface area contributed by atoms with Crippen LogP contribution in [0.3, 0.4) is 0 Å². The van der Waals surface area contributed by atoms with E-state index in [1.165, 1.54) is 17.2 Å². The third-order valence-corrected chi connectivity index (χ3v) is 14.4. The van der Waals surface area contributed by atoms with E-state index < -0.39 is 88.0 Å². The van der Waals surface area contributed by atoms with Crippen molar-refractivity contribution in [3.05, 3.63) is 45.8 Å². The second kappa shape index (κ2) is 18.8. The summed E-state index contributed by atoms with van der Waals surface area (Å²) >= 11 is 0.554. The molecular formula is C32H47FN8O12P2S. The summed E-state index contributed by atoms with van der Waals surface area (Å²) in [7, 11) is -4.97. The van der Waals surface area contributed by atoms with Crippen molar-refractivity contribution in [1.29, 1.82) is 0 Å². The van der Waals surface area contributed by atoms with E-state index in [0.717, 1.165) is 61.8 Å². The monoisotopic (exact) mass is 848 g/mol. The molecule has 0 saturated carbocycles. The number of nitrogen functional groups attached to an aromatic ring is 1. The number of nitrogens with two attached hydrogens (primary N) is 2. The number of Topliss-reactive ketones (excluding diaryl/α,β-unsaturated/α-hetero) is 1. The van der Waals surface area contributed by atoms with Crippen LogP contribution in [0.4, 0.5) is 10.2 Å². The first-order valence-electron chi connectivity index (χ1n) is 18.4. The largest absolute Gasteiger partial charge is 0.472 e. The first-order valence-corrected chi connectivity index (χ1v) is 23.1. The lowest BCUT2D eigenvalue weighted by atomic mass is 10.0. The Morgan fingerprint density at radius 2 is 1.64 bits per heavy atom. The predicted molar refractivity (Wildman–Crippen MR) is 200 cm³/mol. The number of nitrogens with one attached hydrogen (secondary N) is 1. The van der Waals surface area contributed by atoms with E-state index in [1.54, 1.807) is 6.92 Å². The summed E-state index contributed by atoms with van der Waals surface area (Å²) in [5.41, 5.74) is 10.3. The number of rotatable bonds is 15. The van der Waals surface area contributed by atoms with Crippen LogP contribution >= 0.6 is 26.0 Å². The molecule has 3 aromatic heterocycles. The highest BCUT2D eigenvalue weighted by atomic mass is 32.7. The summed E-state index contributed by atoms with van der Waals surface area (Å²) in [4.78, 5) is 62.6. The van der Waals surface area contributed by atoms with E-state index in [1.807, 2.05) is 4.98 Å². The number of phosphoric acid groups is 1. The third kappa shape index (κ3) is 10.2. The maximum Gasteiger partial charge on any atom is 0.472 e. The number of imidazole rings is 1. The number of unbranched alkanes of at least 4 members (excludes halogenated alkanes) is 7. The SMILES string of the molecule is C[C@@H]1[C@@H]2OP(=O)(O)OC[C@H]3O[C@@H](n4ccc(=O)[nH]c4=O)[C@H](F)[C@@H]3OP(=O)(SCC(=O)CCCCCCCCCCN)OC[C@H]2O[C@H]1n1cnc2c(N)ncnc21. The average molecular weight is 849 g/mol. The van der Waals surface area contributed by atoms with Gasteiger partial charge in [0, 0.05) is 24.6 Å². The molecule has 0 spiro atoms. The number of anilines is 1. The van der Waals surface area contributed by atoms with Crippen molar-refractivity contribution in [2.75, 3.05) is 31.2 Å². The lowest BCUT2D eigenvalue weighted by molar-refractivity contribution is -0.116. The van der Waals surface area contributed by atoms with Crippen molar-refractivity contribution in [1.82, 2.24) is 29.1 Å². The Bertz CT molecular complexity index is 2040. The van der Waals surface area contributed by atoms with Crippen molar-refractivity contribution in [3.63, 3.8) is 0 Å². The van der Waals surface area contributed by atoms with Crippen LogP contribution in [0.25, 0.3) is 11.2 Å². The van der Waals surface area contributed by atoms with Gasteiger partial charge in [-0.05, 0) is 30.8 Å². The minimum Gasteiger partial charge on any atom is -0.382 e. The van der Waals surface area contributed by atoms with Gasteiger partial charge in [-0.2, -0.15) is 0 Å². The Labute approximate surface area is 324 Å². The van der Waals surface area contributed by atoms with E-state index in [4.69, 9.17) is 39.0 Å². The summed E-state index contributed by atoms with van der Waals surface area (Å²) in [6, 6.07) is 0.968. The van der Waals surface area contributed by atoms with Gasteiger partial charge in [-0.15, -0.1) is 0 Å². The molecule has 3 aliphatic rings. The molecule has 3 aromatic rings. The number of aromatic amines is 1. The van der Waals surface area contributed by atoms with Gasteiger partial charge in [0.25, 0.3) is 5.56 Å². The van der Waals surface area contributed by atoms with Gasteiger partial charge >= 0.3 is 20.3 Å². The van der Waals surface area contributed by atoms with Crippen LogP contribution < -0.4 is 22.7 Å². The zero-order chi connectivity index (χ0) is 40.0. The van der Waals surface area contributed by atoms with Crippen molar-refractivity contribution in [3.8, 4) is 0 Å². The van der Waals surface area contributed by atoms with Gasteiger partial charge in [0.1, 0.15) is 48.3 Å². The topological polar surface area (TPSA) is 277 Å². The van der Waals surface area contributed by atoms with E-state index >= 15 is 4.39 Å². The first kappa shape index (κ1) is 42.7. The van der Waals surface area contributed by atoms with E-state index in [2.05, 4.69) is 15.0 Å². The first-order chi connectivity index (χ1) is 26.8. The van der Waals surface area contributed by atoms with E-state index in [0.29, 0.717) is 30.0 Å². The molecule has 3 saturated heterocycles. The number of hydrogen-bond acceptors (Lipinski definition) is 17. The van der Waals surface area contributed by atoms with Gasteiger partial charge in [0.2, 0.25) is 0 Å². The fourth-order valence-electron chi connectivity index (χ4n) is 6.87. The number of ketones is 1. The molecule has 0 amide bonds. The Hall–Kier alpha value is -2.88. The van der Waals surface area contributed by atoms with E-state index in [-0.39, 0.29) is 29.3 Å². The number of phosphoric ester groups is 1. The van der Waals surface area contributed by atoms with Gasteiger partial charge in [-0.25, -0.2) is 33.3 Å². The summed E-state index contributed by atoms with van der Waals surface area (Å²) in [5.74, 6) is -1.13. The van der Waals surface area contributed by atoms with Gasteiger partial charge < -0.3 is 25.8 Å². The fourth-order valence-corrected chi connectivity index (χ4v) is 11.2. The molecule has 310 valence electrons. The molecule has 0 aliphatic carbocycles. The smallest absolute Gasteiger partial charge is 0.382 e. The van der Waals surface area contributed by atoms with Crippen molar-refractivity contribution in [2.24, 2.45) is 11.7 Å². The molecule has 6 heterocycles. The molecule has 10 atom stereocenters. The number of hydrogen-bond donors (Lipinski definition) is 4. The quantitative estimate of drug-likeness (QED) is 0.126. The molecule has 2 unspecified atom stereocenters. The van der Waals surface area contributed by atoms with Gasteiger partial charge in [-0.1, -0.05) is 45.4 Å². The molecule has 24 heteroatoms. The molecule has 20 nitrogen and oxygen atoms in total. The minimum absolute atomic E-state index is 0.115. The molecular weight excluding hydrogens is 801 g/mol. The number of carbonyl (C=O) groups is 1. The number of aromatic nitrogens is 6. The highest BCUT2D eigenvalue weighted by Crippen LogP contribution is 2.64. The normalized spacial score (nSPS) is 32.4. The van der Waals surface area contributed by atoms with Crippen LogP contribution in [0, 0.1) is 5.92 Å². The summed E-state index contributed by atoms with van der Waals surface area (Å²) in [5, 5.41) is 0. The molecule has 6 N–H and O–H groups in total. The maximum atomic E-state index is 16.3. The molecule has 3 fully saturated rings. The second-order valence-corrected chi connectivity index (χ2v) is 19.3. The summed E-state index contributed by atoms with van der Waals surface area (Å²) < 4.78 is 81.3. The molecule has 0 bridgehead atoms. The minimum atomic E-state index is -4.97. The Morgan fingerprint density at radius 3 is 2.38 bits per heavy atom. The predicted octanol–water partition coefficient (Wildman–Crippen LogP) is 3.53. The molecule has 0 radical (unpaired) electrons. The Balaban J connectivity index is 1.21. The van der Waals surface area contributed by atoms with Crippen molar-refractivity contribution < 1.29 is 50.8 Å². The van der Waals surface area contributed by atoms with Crippen LogP contribution in [0.2, 0.25) is 0 Å². The highest BCUT2D eigenvalue weighted by Gasteiger charge is 2.54. The zero-order valence-corrected chi connectivity index (χ0v) is 33.2. The Morgan fingerprint density at radius 1 is 0.964 bits per heavy atom. The summed E-state index contributed by atoms with van der Waals surface area (Å²) in [6.45, 7) is -3.56. The number of fused-ring (bicyclic) bond motifs is 3. The van der Waals surface area contributed by atoms with Crippen molar-refractivity contribution in [2.45, 2.75) is 108 Å². The van der Waals surface area contributed by atoms with Crippen LogP contribution in [-0.2, 0) is 41.5 Å². The van der Waals surface area contributed by atoms with Crippen LogP contribution in [0.1, 0.15) is 77.2 Å². The number of alkyl halides is 1. The maximum absolute atomic E-state index is 16.3. The molecule has 3 aliphatic heterocycles. The zero-order valence-electron chi connectivity index (χ0n) is 30.6. The molecule has 0 aromatic carbocycles. The lowest BCUT2D eigenvalue weighted by Gasteiger charge is -2.29. The van der Waals surface area contributed by atoms with Gasteiger partial charge in [0.15, 0.2) is 23.9 Å². The number of halogens is 1. The van der Waals surface area contributed by atoms with Gasteiger partial charge in [-0.3, -0.25) is 41.8 Å². The molecule has 6 rings (SSSR count). The fraction of sp³-hybridized carbons (Fsp3) is 0.688. The number of nitrogens with zero attached hydrogens (tertiary/aromatic N) is 5. The van der Waals surface area contributed by atoms with Crippen LogP contribution in [0.15, 0.2) is 34.5 Å². The van der Waals surface area contributed by atoms with E-state index in [9.17, 15) is 28.4 Å². The van der Waals surface area contributed by atoms with Crippen molar-refractivity contribution >= 4 is 48.8 Å². The molecule has 56 heavy (non-hydrogen) atoms. The lowest BCUT2D eigenvalue weighted by Crippen LogP contribution is -2.37. The number of carbonyl (C=O) groups excluding carboxylic acids is 1. The number of H-pyrrole nitrogens is 1. The third-order valence-electron chi connectivity index (χ3n) is 9.80. The standard InChI is InChI=1S/C32H47FN8O12P2S/c1-19-26-21(50-30(19)41-18-38-25-28(35)36-17-37-29(25)41)15-49-55(47,56-16-20(42)10-8-6-4-2-3-5-7-9-12-34)53-27-22(14-48-54(45,46)52-26)51-31(24(27)33)40-13-11-23(43)39-32(40)44/h11,13,17-19,21-22,24,26-27,30-31H,2-10,12,14-16,34H2,1H3,(H,45,46)(H2,35,36,37)(H,39,43,44)/t19-,21-,22-,24-,26+,27-,30-,31-,55?/m1/s1. The van der Waals surface area contributed by atoms with Crippen LogP contribution in [-0.4, -0.2) is 95.8 Å².